The Hall–Kier alpha value is -3.30. The monoisotopic (exact) mass is 515 g/mol. The van der Waals surface area contributed by atoms with Crippen molar-refractivity contribution in [1.29, 1.82) is 0 Å². The number of benzene rings is 1. The molecule has 2 saturated heterocycles. The maximum Gasteiger partial charge on any atom is 0.330 e. The number of ether oxygens (including phenoxy) is 1. The van der Waals surface area contributed by atoms with Crippen LogP contribution in [0.5, 0.6) is 0 Å². The van der Waals surface area contributed by atoms with E-state index in [4.69, 9.17) is 9.72 Å². The molecule has 0 spiro atoms. The number of piperidine rings is 1. The highest BCUT2D eigenvalue weighted by molar-refractivity contribution is 6.02. The number of hydrogen-bond donors (Lipinski definition) is 0. The summed E-state index contributed by atoms with van der Waals surface area (Å²) in [6.45, 7) is 7.64. The number of pyridine rings is 1. The Bertz CT molecular complexity index is 1530. The number of nitrogens with zero attached hydrogens (tertiary/aromatic N) is 7. The number of aromatic nitrogens is 5. The number of rotatable bonds is 4. The third kappa shape index (κ3) is 4.18. The number of fused-ring (bicyclic) bond motifs is 3. The molecule has 0 saturated carbocycles. The maximum atomic E-state index is 13.5. The van der Waals surface area contributed by atoms with Crippen LogP contribution < -0.4 is 10.6 Å². The normalized spacial score (nSPS) is 20.6. The van der Waals surface area contributed by atoms with Gasteiger partial charge in [0, 0.05) is 61.4 Å². The van der Waals surface area contributed by atoms with Crippen molar-refractivity contribution in [2.24, 2.45) is 12.5 Å². The Morgan fingerprint density at radius 1 is 1.03 bits per heavy atom. The molecule has 0 bridgehead atoms. The van der Waals surface area contributed by atoms with Crippen LogP contribution in [0.15, 0.2) is 41.3 Å². The van der Waals surface area contributed by atoms with Crippen molar-refractivity contribution in [3.8, 4) is 11.1 Å². The minimum Gasteiger partial charge on any atom is -0.381 e. The van der Waals surface area contributed by atoms with E-state index in [2.05, 4.69) is 72.2 Å². The molecule has 0 amide bonds. The zero-order valence-corrected chi connectivity index (χ0v) is 23.0. The van der Waals surface area contributed by atoms with Gasteiger partial charge in [-0.15, -0.1) is 10.2 Å². The number of imidazole rings is 1. The van der Waals surface area contributed by atoms with Crippen LogP contribution >= 0.6 is 0 Å². The lowest BCUT2D eigenvalue weighted by molar-refractivity contribution is -0.0253. The second-order valence-electron chi connectivity index (χ2n) is 11.7. The average molecular weight is 516 g/mol. The van der Waals surface area contributed by atoms with Crippen LogP contribution in [-0.2, 0) is 11.8 Å². The fourth-order valence-electron chi connectivity index (χ4n) is 6.21. The van der Waals surface area contributed by atoms with Gasteiger partial charge < -0.3 is 14.5 Å². The van der Waals surface area contributed by atoms with Gasteiger partial charge in [0.1, 0.15) is 11.3 Å². The van der Waals surface area contributed by atoms with Crippen molar-refractivity contribution in [2.75, 3.05) is 45.3 Å². The molecular weight excluding hydrogens is 478 g/mol. The second-order valence-corrected chi connectivity index (χ2v) is 11.7. The predicted molar refractivity (Wildman–Crippen MR) is 151 cm³/mol. The highest BCUT2D eigenvalue weighted by Crippen LogP contribution is 2.39. The van der Waals surface area contributed by atoms with E-state index in [0.29, 0.717) is 24.9 Å². The van der Waals surface area contributed by atoms with Gasteiger partial charge in [-0.2, -0.15) is 0 Å². The van der Waals surface area contributed by atoms with Gasteiger partial charge in [0.25, 0.3) is 0 Å². The summed E-state index contributed by atoms with van der Waals surface area (Å²) < 4.78 is 9.33. The van der Waals surface area contributed by atoms with E-state index >= 15 is 0 Å². The summed E-state index contributed by atoms with van der Waals surface area (Å²) >= 11 is 0. The van der Waals surface area contributed by atoms with E-state index in [1.54, 1.807) is 11.6 Å². The fourth-order valence-corrected chi connectivity index (χ4v) is 6.21. The first-order valence-corrected chi connectivity index (χ1v) is 13.6. The summed E-state index contributed by atoms with van der Waals surface area (Å²) in [5.74, 6) is 1.03. The zero-order valence-electron chi connectivity index (χ0n) is 23.0. The van der Waals surface area contributed by atoms with Gasteiger partial charge in [0.05, 0.1) is 12.1 Å². The lowest BCUT2D eigenvalue weighted by atomic mass is 9.81. The van der Waals surface area contributed by atoms with Gasteiger partial charge in [-0.1, -0.05) is 19.9 Å². The lowest BCUT2D eigenvalue weighted by Crippen LogP contribution is -2.42. The molecule has 0 aliphatic carbocycles. The summed E-state index contributed by atoms with van der Waals surface area (Å²) in [6.07, 6.45) is 5.05. The summed E-state index contributed by atoms with van der Waals surface area (Å²) in [5.41, 5.74) is 4.08. The molecular formula is C29H37N7O2. The molecule has 1 unspecified atom stereocenters. The molecule has 200 valence electrons. The van der Waals surface area contributed by atoms with Crippen molar-refractivity contribution < 1.29 is 4.74 Å². The van der Waals surface area contributed by atoms with E-state index in [9.17, 15) is 4.79 Å². The van der Waals surface area contributed by atoms with Gasteiger partial charge in [0.15, 0.2) is 5.65 Å². The molecule has 2 fully saturated rings. The average Bonchev–Trinajstić information content (AvgIpc) is 3.18. The minimum absolute atomic E-state index is 0.0149. The van der Waals surface area contributed by atoms with Gasteiger partial charge in [-0.05, 0) is 63.2 Å². The van der Waals surface area contributed by atoms with E-state index < -0.39 is 0 Å². The topological polar surface area (TPSA) is 81.3 Å². The molecule has 0 N–H and O–H groups in total. The highest BCUT2D eigenvalue weighted by Gasteiger charge is 2.37. The van der Waals surface area contributed by atoms with Crippen LogP contribution in [0.2, 0.25) is 0 Å². The van der Waals surface area contributed by atoms with Crippen LogP contribution in [0.25, 0.3) is 33.2 Å². The van der Waals surface area contributed by atoms with Crippen molar-refractivity contribution in [2.45, 2.75) is 45.2 Å². The summed E-state index contributed by atoms with van der Waals surface area (Å²) in [4.78, 5) is 23.0. The number of anilines is 1. The summed E-state index contributed by atoms with van der Waals surface area (Å²) in [7, 11) is 6.10. The third-order valence-electron chi connectivity index (χ3n) is 8.59. The molecule has 1 aromatic carbocycles. The molecule has 1 atom stereocenters. The summed E-state index contributed by atoms with van der Waals surface area (Å²) in [5, 5.41) is 9.85. The third-order valence-corrected chi connectivity index (χ3v) is 8.59. The Balaban J connectivity index is 1.39. The fraction of sp³-hybridized carbons (Fsp3) is 0.517. The molecule has 6 rings (SSSR count). The van der Waals surface area contributed by atoms with Crippen LogP contribution in [0.1, 0.15) is 39.2 Å². The smallest absolute Gasteiger partial charge is 0.330 e. The lowest BCUT2D eigenvalue weighted by Gasteiger charge is -2.38. The Labute approximate surface area is 223 Å². The molecule has 9 heteroatoms. The molecule has 38 heavy (non-hydrogen) atoms. The van der Waals surface area contributed by atoms with Crippen molar-refractivity contribution in [3.63, 3.8) is 0 Å². The van der Waals surface area contributed by atoms with Crippen LogP contribution in [0.4, 0.5) is 5.82 Å². The standard InChI is InChI=1S/C29H37N7O2/c1-29(2)18-38-15-12-24(29)36-26-22-16-19(6-8-23(22)31-32-27(26)34(5)28(36)37)20-7-9-25(30-17-20)35-13-10-21(11-14-35)33(3)4/h6-9,16-17,21,24H,10-15,18H2,1-5H3. The molecule has 5 heterocycles. The summed E-state index contributed by atoms with van der Waals surface area (Å²) in [6, 6.07) is 11.1. The van der Waals surface area contributed by atoms with Crippen molar-refractivity contribution in [3.05, 3.63) is 47.0 Å². The van der Waals surface area contributed by atoms with Gasteiger partial charge in [-0.3, -0.25) is 9.13 Å². The minimum atomic E-state index is -0.176. The first-order chi connectivity index (χ1) is 18.2. The molecule has 2 aliphatic rings. The SMILES string of the molecule is CN(C)C1CCN(c2ccc(-c3ccc4nnc5c(c4c3)n(C3CCOCC3(C)C)c(=O)n5C)cn2)CC1. The van der Waals surface area contributed by atoms with Crippen LogP contribution in [0.3, 0.4) is 0 Å². The number of aryl methyl sites for hydroxylation is 1. The maximum absolute atomic E-state index is 13.5. The van der Waals surface area contributed by atoms with Crippen LogP contribution in [0, 0.1) is 5.41 Å². The quantitative estimate of drug-likeness (QED) is 0.408. The molecule has 4 aromatic rings. The van der Waals surface area contributed by atoms with Gasteiger partial charge in [0.2, 0.25) is 0 Å². The molecule has 0 radical (unpaired) electrons. The Morgan fingerprint density at radius 3 is 2.47 bits per heavy atom. The van der Waals surface area contributed by atoms with Gasteiger partial charge in [-0.25, -0.2) is 9.78 Å². The second kappa shape index (κ2) is 9.47. The van der Waals surface area contributed by atoms with E-state index in [0.717, 1.165) is 65.7 Å². The van der Waals surface area contributed by atoms with E-state index in [1.807, 2.05) is 16.8 Å². The van der Waals surface area contributed by atoms with Crippen molar-refractivity contribution in [1.82, 2.24) is 29.2 Å². The molecule has 3 aromatic heterocycles. The zero-order chi connectivity index (χ0) is 26.6. The first-order valence-electron chi connectivity index (χ1n) is 13.6. The number of hydrogen-bond acceptors (Lipinski definition) is 7. The van der Waals surface area contributed by atoms with Crippen molar-refractivity contribution >= 4 is 27.9 Å². The van der Waals surface area contributed by atoms with Gasteiger partial charge >= 0.3 is 5.69 Å². The first kappa shape index (κ1) is 25.0. The van der Waals surface area contributed by atoms with E-state index in [1.165, 1.54) is 0 Å². The van der Waals surface area contributed by atoms with E-state index in [-0.39, 0.29) is 17.1 Å². The predicted octanol–water partition coefficient (Wildman–Crippen LogP) is 3.86. The van der Waals surface area contributed by atoms with Crippen LogP contribution in [-0.4, -0.2) is 75.7 Å². The highest BCUT2D eigenvalue weighted by atomic mass is 16.5. The molecule has 2 aliphatic heterocycles. The Morgan fingerprint density at radius 2 is 1.79 bits per heavy atom. The largest absolute Gasteiger partial charge is 0.381 e. The molecule has 9 nitrogen and oxygen atoms in total. The Kier molecular flexibility index (Phi) is 6.23.